The largest absolute Gasteiger partial charge is 0.357 e. The third-order valence-electron chi connectivity index (χ3n) is 4.87. The topological polar surface area (TPSA) is 48.5 Å². The van der Waals surface area contributed by atoms with Crippen LogP contribution in [0.1, 0.15) is 37.3 Å². The van der Waals surface area contributed by atoms with Gasteiger partial charge in [0.05, 0.1) is 0 Å². The average Bonchev–Trinajstić information content (AvgIpc) is 2.71. The Morgan fingerprint density at radius 3 is 2.74 bits per heavy atom. The van der Waals surface area contributed by atoms with Crippen LogP contribution >= 0.6 is 11.6 Å². The summed E-state index contributed by atoms with van der Waals surface area (Å²) in [6, 6.07) is 11.6. The molecule has 144 valence electrons. The van der Waals surface area contributed by atoms with Crippen molar-refractivity contribution in [2.24, 2.45) is 0 Å². The Morgan fingerprint density at radius 1 is 1.19 bits per heavy atom. The Morgan fingerprint density at radius 2 is 2.00 bits per heavy atom. The number of benzene rings is 1. The predicted molar refractivity (Wildman–Crippen MR) is 110 cm³/mol. The molecule has 0 spiro atoms. The molecule has 3 rings (SSSR count). The van der Waals surface area contributed by atoms with Gasteiger partial charge in [-0.2, -0.15) is 0 Å². The van der Waals surface area contributed by atoms with Crippen molar-refractivity contribution in [2.45, 2.75) is 39.3 Å². The van der Waals surface area contributed by atoms with Crippen LogP contribution in [0.25, 0.3) is 0 Å². The molecule has 1 aromatic carbocycles. The summed E-state index contributed by atoms with van der Waals surface area (Å²) >= 11 is 6.04. The highest BCUT2D eigenvalue weighted by atomic mass is 35.5. The third-order valence-corrected chi connectivity index (χ3v) is 5.10. The Kier molecular flexibility index (Phi) is 6.93. The second kappa shape index (κ2) is 9.60. The predicted octanol–water partition coefficient (Wildman–Crippen LogP) is 4.46. The van der Waals surface area contributed by atoms with E-state index >= 15 is 0 Å². The van der Waals surface area contributed by atoms with Crippen LogP contribution in [-0.4, -0.2) is 35.5 Å². The quantitative estimate of drug-likeness (QED) is 0.797. The van der Waals surface area contributed by atoms with Crippen LogP contribution in [0.5, 0.6) is 0 Å². The first-order valence-corrected chi connectivity index (χ1v) is 10.0. The van der Waals surface area contributed by atoms with Gasteiger partial charge in [0, 0.05) is 43.9 Å². The van der Waals surface area contributed by atoms with Crippen molar-refractivity contribution < 1.29 is 4.79 Å². The van der Waals surface area contributed by atoms with Crippen molar-refractivity contribution >= 4 is 23.4 Å². The molecule has 2 heterocycles. The third kappa shape index (κ3) is 5.60. The Bertz CT molecular complexity index is 761. The zero-order valence-corrected chi connectivity index (χ0v) is 16.6. The van der Waals surface area contributed by atoms with Crippen molar-refractivity contribution in [3.63, 3.8) is 0 Å². The van der Waals surface area contributed by atoms with E-state index in [2.05, 4.69) is 21.3 Å². The lowest BCUT2D eigenvalue weighted by Crippen LogP contribution is -2.39. The van der Waals surface area contributed by atoms with Crippen molar-refractivity contribution in [1.29, 1.82) is 0 Å². The highest BCUT2D eigenvalue weighted by Crippen LogP contribution is 2.18. The number of rotatable bonds is 6. The number of halogens is 1. The molecule has 6 heteroatoms. The smallest absolute Gasteiger partial charge is 0.317 e. The van der Waals surface area contributed by atoms with E-state index in [0.29, 0.717) is 24.7 Å². The maximum Gasteiger partial charge on any atom is 0.317 e. The van der Waals surface area contributed by atoms with E-state index in [9.17, 15) is 4.79 Å². The summed E-state index contributed by atoms with van der Waals surface area (Å²) in [5, 5.41) is 3.71. The molecule has 5 nitrogen and oxygen atoms in total. The fraction of sp³-hybridized carbons (Fsp3) is 0.429. The molecule has 0 saturated carbocycles. The number of amides is 2. The molecule has 1 saturated heterocycles. The van der Waals surface area contributed by atoms with Crippen molar-refractivity contribution in [2.75, 3.05) is 24.5 Å². The summed E-state index contributed by atoms with van der Waals surface area (Å²) in [7, 11) is 0. The number of hydrogen-bond acceptors (Lipinski definition) is 3. The maximum atomic E-state index is 12.6. The number of piperidine rings is 1. The minimum Gasteiger partial charge on any atom is -0.357 e. The fourth-order valence-corrected chi connectivity index (χ4v) is 3.55. The molecule has 0 radical (unpaired) electrons. The molecule has 1 aliphatic heterocycles. The second-order valence-electron chi connectivity index (χ2n) is 6.87. The molecule has 0 aliphatic carbocycles. The highest BCUT2D eigenvalue weighted by Gasteiger charge is 2.14. The Hall–Kier alpha value is -2.27. The first-order chi connectivity index (χ1) is 13.2. The molecule has 0 bridgehead atoms. The number of aromatic nitrogens is 1. The molecule has 0 atom stereocenters. The molecule has 1 aliphatic rings. The number of nitrogens with zero attached hydrogens (tertiary/aromatic N) is 3. The van der Waals surface area contributed by atoms with Crippen LogP contribution in [0.15, 0.2) is 42.6 Å². The monoisotopic (exact) mass is 386 g/mol. The summed E-state index contributed by atoms with van der Waals surface area (Å²) < 4.78 is 0. The Labute approximate surface area is 166 Å². The molecule has 2 amide bonds. The van der Waals surface area contributed by atoms with E-state index in [1.54, 1.807) is 4.90 Å². The van der Waals surface area contributed by atoms with Gasteiger partial charge in [-0.3, -0.25) is 0 Å². The van der Waals surface area contributed by atoms with Gasteiger partial charge in [-0.25, -0.2) is 9.78 Å². The lowest BCUT2D eigenvalue weighted by atomic mass is 10.1. The van der Waals surface area contributed by atoms with Crippen molar-refractivity contribution in [3.05, 3.63) is 58.7 Å². The van der Waals surface area contributed by atoms with Crippen LogP contribution < -0.4 is 10.2 Å². The molecule has 1 fully saturated rings. The van der Waals surface area contributed by atoms with Crippen LogP contribution in [-0.2, 0) is 13.1 Å². The summed E-state index contributed by atoms with van der Waals surface area (Å²) in [5.74, 6) is 1.01. The lowest BCUT2D eigenvalue weighted by molar-refractivity contribution is 0.197. The standard InChI is InChI=1S/C21H27ClN4O/c1-2-25(16-18-7-6-8-19(22)13-18)21(27)24-15-17-9-10-23-20(14-17)26-11-4-3-5-12-26/h6-10,13-14H,2-5,11-12,15-16H2,1H3,(H,24,27). The molecular formula is C21H27ClN4O. The van der Waals surface area contributed by atoms with Gasteiger partial charge < -0.3 is 15.1 Å². The van der Waals surface area contributed by atoms with E-state index in [0.717, 1.165) is 30.0 Å². The fourth-order valence-electron chi connectivity index (χ4n) is 3.34. The first kappa shape index (κ1) is 19.5. The lowest BCUT2D eigenvalue weighted by Gasteiger charge is -2.28. The average molecular weight is 387 g/mol. The molecule has 27 heavy (non-hydrogen) atoms. The van der Waals surface area contributed by atoms with Gasteiger partial charge in [0.25, 0.3) is 0 Å². The summed E-state index contributed by atoms with van der Waals surface area (Å²) in [6.45, 7) is 5.77. The Balaban J connectivity index is 1.57. The molecule has 0 unspecified atom stereocenters. The van der Waals surface area contributed by atoms with Gasteiger partial charge in [-0.05, 0) is 61.6 Å². The molecular weight excluding hydrogens is 360 g/mol. The van der Waals surface area contributed by atoms with E-state index in [1.807, 2.05) is 43.5 Å². The summed E-state index contributed by atoms with van der Waals surface area (Å²) in [6.07, 6.45) is 5.57. The van der Waals surface area contributed by atoms with Gasteiger partial charge in [0.1, 0.15) is 5.82 Å². The van der Waals surface area contributed by atoms with E-state index in [4.69, 9.17) is 11.6 Å². The second-order valence-corrected chi connectivity index (χ2v) is 7.31. The van der Waals surface area contributed by atoms with Gasteiger partial charge >= 0.3 is 6.03 Å². The van der Waals surface area contributed by atoms with Gasteiger partial charge in [-0.15, -0.1) is 0 Å². The van der Waals surface area contributed by atoms with E-state index in [-0.39, 0.29) is 6.03 Å². The van der Waals surface area contributed by atoms with Crippen LogP contribution in [0.2, 0.25) is 5.02 Å². The zero-order valence-electron chi connectivity index (χ0n) is 15.8. The van der Waals surface area contributed by atoms with E-state index in [1.165, 1.54) is 19.3 Å². The van der Waals surface area contributed by atoms with Gasteiger partial charge in [-0.1, -0.05) is 23.7 Å². The number of nitrogens with one attached hydrogen (secondary N) is 1. The summed E-state index contributed by atoms with van der Waals surface area (Å²) in [4.78, 5) is 21.2. The number of hydrogen-bond donors (Lipinski definition) is 1. The number of carbonyl (C=O) groups excluding carboxylic acids is 1. The normalized spacial score (nSPS) is 14.1. The SMILES string of the molecule is CCN(Cc1cccc(Cl)c1)C(=O)NCc1ccnc(N2CCCCC2)c1. The minimum absolute atomic E-state index is 0.0752. The number of carbonyl (C=O) groups is 1. The van der Waals surface area contributed by atoms with Crippen molar-refractivity contribution in [3.8, 4) is 0 Å². The molecule has 2 aromatic rings. The first-order valence-electron chi connectivity index (χ1n) is 9.63. The van der Waals surface area contributed by atoms with Crippen molar-refractivity contribution in [1.82, 2.24) is 15.2 Å². The molecule has 1 aromatic heterocycles. The van der Waals surface area contributed by atoms with Crippen LogP contribution in [0.4, 0.5) is 10.6 Å². The number of urea groups is 1. The zero-order chi connectivity index (χ0) is 19.1. The van der Waals surface area contributed by atoms with Crippen LogP contribution in [0, 0.1) is 0 Å². The van der Waals surface area contributed by atoms with E-state index < -0.39 is 0 Å². The number of pyridine rings is 1. The summed E-state index contributed by atoms with van der Waals surface area (Å²) in [5.41, 5.74) is 2.09. The maximum absolute atomic E-state index is 12.6. The van der Waals surface area contributed by atoms with Crippen LogP contribution in [0.3, 0.4) is 0 Å². The van der Waals surface area contributed by atoms with Gasteiger partial charge in [0.15, 0.2) is 0 Å². The number of anilines is 1. The van der Waals surface area contributed by atoms with Gasteiger partial charge in [0.2, 0.25) is 0 Å². The minimum atomic E-state index is -0.0752. The highest BCUT2D eigenvalue weighted by molar-refractivity contribution is 6.30. The molecule has 1 N–H and O–H groups in total.